The van der Waals surface area contributed by atoms with Crippen LogP contribution in [-0.2, 0) is 0 Å². The van der Waals surface area contributed by atoms with Gasteiger partial charge in [0.1, 0.15) is 0 Å². The summed E-state index contributed by atoms with van der Waals surface area (Å²) >= 11 is 0. The average Bonchev–Trinajstić information content (AvgIpc) is 2.17. The Kier molecular flexibility index (Phi) is 3.47. The van der Waals surface area contributed by atoms with Crippen molar-refractivity contribution in [3.63, 3.8) is 0 Å². The number of hydrogen-bond acceptors (Lipinski definition) is 4. The Labute approximate surface area is 79.6 Å². The van der Waals surface area contributed by atoms with Crippen LogP contribution in [0.3, 0.4) is 0 Å². The van der Waals surface area contributed by atoms with E-state index in [4.69, 9.17) is 10.6 Å². The topological polar surface area (TPSA) is 56.5 Å². The van der Waals surface area contributed by atoms with Crippen LogP contribution < -0.4 is 20.7 Å². The lowest BCUT2D eigenvalue weighted by Gasteiger charge is -2.10. The van der Waals surface area contributed by atoms with E-state index in [1.54, 1.807) is 0 Å². The first-order valence-corrected chi connectivity index (χ1v) is 3.77. The molecule has 0 amide bonds. The molecule has 0 aliphatic carbocycles. The van der Waals surface area contributed by atoms with Crippen LogP contribution in [0, 0.1) is 0 Å². The van der Waals surface area contributed by atoms with Gasteiger partial charge in [0, 0.05) is 6.07 Å². The number of methoxy groups -OCH3 is 1. The molecular formula is C8H10F2N2O2. The molecule has 0 atom stereocenters. The van der Waals surface area contributed by atoms with E-state index in [1.807, 2.05) is 0 Å². The van der Waals surface area contributed by atoms with E-state index < -0.39 is 6.61 Å². The highest BCUT2D eigenvalue weighted by Gasteiger charge is 2.10. The third-order valence-electron chi connectivity index (χ3n) is 1.55. The fourth-order valence-electron chi connectivity index (χ4n) is 0.951. The minimum atomic E-state index is -2.87. The predicted molar refractivity (Wildman–Crippen MR) is 47.4 cm³/mol. The number of benzene rings is 1. The largest absolute Gasteiger partial charge is 0.493 e. The number of hydrogen-bond donors (Lipinski definition) is 2. The molecule has 6 heteroatoms. The van der Waals surface area contributed by atoms with E-state index in [1.165, 1.54) is 25.3 Å². The second kappa shape index (κ2) is 4.61. The van der Waals surface area contributed by atoms with Crippen LogP contribution in [-0.4, -0.2) is 13.7 Å². The van der Waals surface area contributed by atoms with Crippen molar-refractivity contribution in [2.24, 2.45) is 5.84 Å². The summed E-state index contributed by atoms with van der Waals surface area (Å²) in [4.78, 5) is 0. The predicted octanol–water partition coefficient (Wildman–Crippen LogP) is 1.58. The molecule has 0 aliphatic heterocycles. The maximum atomic E-state index is 11.9. The highest BCUT2D eigenvalue weighted by Crippen LogP contribution is 2.30. The van der Waals surface area contributed by atoms with Crippen LogP contribution in [0.15, 0.2) is 18.2 Å². The Bertz CT molecular complexity index is 307. The number of nitrogens with two attached hydrogens (primary N) is 1. The smallest absolute Gasteiger partial charge is 0.387 e. The minimum absolute atomic E-state index is 0.0264. The SMILES string of the molecule is COc1cc(NN)ccc1OC(F)F. The molecular weight excluding hydrogens is 194 g/mol. The molecule has 0 aliphatic rings. The van der Waals surface area contributed by atoms with E-state index in [-0.39, 0.29) is 11.5 Å². The Morgan fingerprint density at radius 2 is 2.07 bits per heavy atom. The van der Waals surface area contributed by atoms with Gasteiger partial charge in [-0.05, 0) is 12.1 Å². The van der Waals surface area contributed by atoms with E-state index in [2.05, 4.69) is 10.2 Å². The number of rotatable bonds is 4. The van der Waals surface area contributed by atoms with Gasteiger partial charge in [-0.15, -0.1) is 0 Å². The molecule has 0 fully saturated rings. The summed E-state index contributed by atoms with van der Waals surface area (Å²) < 4.78 is 32.8. The summed E-state index contributed by atoms with van der Waals surface area (Å²) in [7, 11) is 1.36. The van der Waals surface area contributed by atoms with Crippen molar-refractivity contribution in [2.75, 3.05) is 12.5 Å². The number of ether oxygens (including phenoxy) is 2. The zero-order valence-corrected chi connectivity index (χ0v) is 7.46. The number of alkyl halides is 2. The summed E-state index contributed by atoms with van der Waals surface area (Å²) in [6, 6.07) is 4.30. The molecule has 0 unspecified atom stereocenters. The molecule has 0 bridgehead atoms. The van der Waals surface area contributed by atoms with Crippen LogP contribution in [0.1, 0.15) is 0 Å². The first-order chi connectivity index (χ1) is 6.67. The van der Waals surface area contributed by atoms with Gasteiger partial charge in [-0.2, -0.15) is 8.78 Å². The molecule has 0 aromatic heterocycles. The van der Waals surface area contributed by atoms with Gasteiger partial charge in [0.15, 0.2) is 11.5 Å². The minimum Gasteiger partial charge on any atom is -0.493 e. The summed E-state index contributed by atoms with van der Waals surface area (Å²) in [5.74, 6) is 5.30. The average molecular weight is 204 g/mol. The highest BCUT2D eigenvalue weighted by molar-refractivity contribution is 5.54. The Balaban J connectivity index is 2.93. The van der Waals surface area contributed by atoms with E-state index in [0.29, 0.717) is 5.69 Å². The van der Waals surface area contributed by atoms with Gasteiger partial charge in [0.2, 0.25) is 0 Å². The van der Waals surface area contributed by atoms with Crippen LogP contribution in [0.5, 0.6) is 11.5 Å². The number of nitrogens with one attached hydrogen (secondary N) is 1. The van der Waals surface area contributed by atoms with Crippen molar-refractivity contribution in [2.45, 2.75) is 6.61 Å². The number of halogens is 2. The standard InChI is InChI=1S/C8H10F2N2O2/c1-13-7-4-5(12-11)2-3-6(7)14-8(9)10/h2-4,8,12H,11H2,1H3. The lowest BCUT2D eigenvalue weighted by Crippen LogP contribution is -2.08. The van der Waals surface area contributed by atoms with E-state index in [0.717, 1.165) is 0 Å². The Morgan fingerprint density at radius 1 is 1.36 bits per heavy atom. The van der Waals surface area contributed by atoms with Crippen molar-refractivity contribution in [1.82, 2.24) is 0 Å². The van der Waals surface area contributed by atoms with Crippen molar-refractivity contribution in [3.8, 4) is 11.5 Å². The quantitative estimate of drug-likeness (QED) is 0.577. The van der Waals surface area contributed by atoms with Gasteiger partial charge in [0.05, 0.1) is 12.8 Å². The molecule has 4 nitrogen and oxygen atoms in total. The first kappa shape index (κ1) is 10.5. The van der Waals surface area contributed by atoms with Gasteiger partial charge in [-0.1, -0.05) is 0 Å². The zero-order valence-electron chi connectivity index (χ0n) is 7.46. The molecule has 0 radical (unpaired) electrons. The normalized spacial score (nSPS) is 10.1. The van der Waals surface area contributed by atoms with Crippen LogP contribution >= 0.6 is 0 Å². The van der Waals surface area contributed by atoms with Crippen molar-refractivity contribution in [1.29, 1.82) is 0 Å². The zero-order chi connectivity index (χ0) is 10.6. The Morgan fingerprint density at radius 3 is 2.57 bits per heavy atom. The molecule has 1 rings (SSSR count). The van der Waals surface area contributed by atoms with Crippen molar-refractivity contribution >= 4 is 5.69 Å². The molecule has 0 heterocycles. The van der Waals surface area contributed by atoms with Gasteiger partial charge in [-0.25, -0.2) is 0 Å². The summed E-state index contributed by atoms with van der Waals surface area (Å²) in [6.07, 6.45) is 0. The van der Waals surface area contributed by atoms with Gasteiger partial charge in [-0.3, -0.25) is 5.84 Å². The molecule has 78 valence electrons. The monoisotopic (exact) mass is 204 g/mol. The van der Waals surface area contributed by atoms with Gasteiger partial charge < -0.3 is 14.9 Å². The lowest BCUT2D eigenvalue weighted by molar-refractivity contribution is -0.0512. The summed E-state index contributed by atoms with van der Waals surface area (Å²) in [5, 5.41) is 0. The summed E-state index contributed by atoms with van der Waals surface area (Å²) in [6.45, 7) is -2.87. The molecule has 1 aromatic rings. The van der Waals surface area contributed by atoms with E-state index in [9.17, 15) is 8.78 Å². The van der Waals surface area contributed by atoms with Crippen molar-refractivity contribution in [3.05, 3.63) is 18.2 Å². The van der Waals surface area contributed by atoms with Crippen LogP contribution in [0.4, 0.5) is 14.5 Å². The number of anilines is 1. The van der Waals surface area contributed by atoms with E-state index >= 15 is 0 Å². The lowest BCUT2D eigenvalue weighted by atomic mass is 10.3. The fraction of sp³-hybridized carbons (Fsp3) is 0.250. The third kappa shape index (κ3) is 2.46. The second-order valence-electron chi connectivity index (χ2n) is 2.39. The number of hydrazine groups is 1. The fourth-order valence-corrected chi connectivity index (χ4v) is 0.951. The van der Waals surface area contributed by atoms with Crippen LogP contribution in [0.25, 0.3) is 0 Å². The molecule has 3 N–H and O–H groups in total. The first-order valence-electron chi connectivity index (χ1n) is 3.77. The molecule has 0 spiro atoms. The van der Waals surface area contributed by atoms with Crippen LogP contribution in [0.2, 0.25) is 0 Å². The summed E-state index contributed by atoms with van der Waals surface area (Å²) in [5.41, 5.74) is 2.90. The highest BCUT2D eigenvalue weighted by atomic mass is 19.3. The van der Waals surface area contributed by atoms with Gasteiger partial charge in [0.25, 0.3) is 0 Å². The molecule has 1 aromatic carbocycles. The molecule has 0 saturated carbocycles. The maximum Gasteiger partial charge on any atom is 0.387 e. The Hall–Kier alpha value is -1.56. The number of nitrogen functional groups attached to an aromatic ring is 1. The van der Waals surface area contributed by atoms with Crippen molar-refractivity contribution < 1.29 is 18.3 Å². The van der Waals surface area contributed by atoms with Gasteiger partial charge >= 0.3 is 6.61 Å². The maximum absolute atomic E-state index is 11.9. The molecule has 14 heavy (non-hydrogen) atoms. The second-order valence-corrected chi connectivity index (χ2v) is 2.39. The molecule has 0 saturated heterocycles. The third-order valence-corrected chi connectivity index (χ3v) is 1.55.